The fraction of sp³-hybridized carbons (Fsp3) is 0.625. The van der Waals surface area contributed by atoms with Crippen molar-refractivity contribution in [1.82, 2.24) is 0 Å². The number of benzene rings is 1. The topological polar surface area (TPSA) is 49.7 Å². The van der Waals surface area contributed by atoms with Gasteiger partial charge in [-0.3, -0.25) is 0 Å². The van der Waals surface area contributed by atoms with Crippen LogP contribution in [0.5, 0.6) is 5.75 Å². The summed E-state index contributed by atoms with van der Waals surface area (Å²) in [6.45, 7) is 2.06. The standard InChI is InChI=1S/C10H13FO.C6H12O2/c1-3-4-8-7-9(11)5-6-10(8)12-2;7-5-1-2-6(8)4-3-5/h5-7H,3-4H2,1-2H3;5-8H,1-4H2. The molecular formula is C16H25FO3. The second-order valence-corrected chi connectivity index (χ2v) is 5.17. The SMILES string of the molecule is CCCc1cc(F)ccc1OC.OC1CCC(O)CC1. The zero-order valence-electron chi connectivity index (χ0n) is 12.3. The lowest BCUT2D eigenvalue weighted by Crippen LogP contribution is -2.21. The Morgan fingerprint density at radius 3 is 2.15 bits per heavy atom. The Morgan fingerprint density at radius 1 is 1.15 bits per heavy atom. The largest absolute Gasteiger partial charge is 0.496 e. The molecule has 0 amide bonds. The molecule has 0 heterocycles. The lowest BCUT2D eigenvalue weighted by molar-refractivity contribution is 0.0541. The van der Waals surface area contributed by atoms with Gasteiger partial charge in [-0.2, -0.15) is 0 Å². The minimum Gasteiger partial charge on any atom is -0.496 e. The summed E-state index contributed by atoms with van der Waals surface area (Å²) in [5.74, 6) is 0.581. The molecule has 0 spiro atoms. The van der Waals surface area contributed by atoms with Crippen LogP contribution in [0.3, 0.4) is 0 Å². The minimum absolute atomic E-state index is 0.140. The average molecular weight is 284 g/mol. The number of ether oxygens (including phenoxy) is 1. The van der Waals surface area contributed by atoms with E-state index in [1.165, 1.54) is 12.1 Å². The van der Waals surface area contributed by atoms with Gasteiger partial charge in [-0.1, -0.05) is 13.3 Å². The van der Waals surface area contributed by atoms with Gasteiger partial charge in [0, 0.05) is 0 Å². The predicted molar refractivity (Wildman–Crippen MR) is 77.4 cm³/mol. The zero-order chi connectivity index (χ0) is 15.0. The highest BCUT2D eigenvalue weighted by Gasteiger charge is 2.15. The summed E-state index contributed by atoms with van der Waals surface area (Å²) in [4.78, 5) is 0. The quantitative estimate of drug-likeness (QED) is 0.897. The first-order valence-electron chi connectivity index (χ1n) is 7.25. The molecule has 1 fully saturated rings. The van der Waals surface area contributed by atoms with Crippen LogP contribution in [0.4, 0.5) is 4.39 Å². The van der Waals surface area contributed by atoms with E-state index in [9.17, 15) is 4.39 Å². The predicted octanol–water partition coefficient (Wildman–Crippen LogP) is 3.07. The monoisotopic (exact) mass is 284 g/mol. The number of methoxy groups -OCH3 is 1. The van der Waals surface area contributed by atoms with E-state index in [-0.39, 0.29) is 18.0 Å². The summed E-state index contributed by atoms with van der Waals surface area (Å²) in [6.07, 6.45) is 4.70. The van der Waals surface area contributed by atoms with Gasteiger partial charge in [0.2, 0.25) is 0 Å². The normalized spacial score (nSPS) is 21.9. The number of aliphatic hydroxyl groups excluding tert-OH is 2. The van der Waals surface area contributed by atoms with Gasteiger partial charge in [0.1, 0.15) is 11.6 Å². The van der Waals surface area contributed by atoms with Gasteiger partial charge in [-0.25, -0.2) is 4.39 Å². The number of aliphatic hydroxyl groups is 2. The lowest BCUT2D eigenvalue weighted by Gasteiger charge is -2.20. The van der Waals surface area contributed by atoms with E-state index >= 15 is 0 Å². The molecule has 1 aromatic rings. The molecule has 2 rings (SSSR count). The Kier molecular flexibility index (Phi) is 7.55. The van der Waals surface area contributed by atoms with Crippen LogP contribution >= 0.6 is 0 Å². The van der Waals surface area contributed by atoms with E-state index in [4.69, 9.17) is 14.9 Å². The molecule has 114 valence electrons. The Labute approximate surface area is 120 Å². The molecule has 4 heteroatoms. The molecule has 0 aromatic heterocycles. The maximum Gasteiger partial charge on any atom is 0.123 e. The van der Waals surface area contributed by atoms with Crippen LogP contribution in [0.1, 0.15) is 44.6 Å². The first-order valence-corrected chi connectivity index (χ1v) is 7.25. The van der Waals surface area contributed by atoms with E-state index in [1.807, 2.05) is 0 Å². The molecule has 1 aliphatic carbocycles. The molecule has 0 aliphatic heterocycles. The maximum absolute atomic E-state index is 12.8. The number of hydrogen-bond donors (Lipinski definition) is 2. The van der Waals surface area contributed by atoms with Crippen LogP contribution in [0.25, 0.3) is 0 Å². The highest BCUT2D eigenvalue weighted by Crippen LogP contribution is 2.20. The van der Waals surface area contributed by atoms with Crippen molar-refractivity contribution in [3.8, 4) is 5.75 Å². The van der Waals surface area contributed by atoms with Crippen molar-refractivity contribution < 1.29 is 19.3 Å². The molecule has 1 aromatic carbocycles. The zero-order valence-corrected chi connectivity index (χ0v) is 12.3. The average Bonchev–Trinajstić information content (AvgIpc) is 2.44. The van der Waals surface area contributed by atoms with Gasteiger partial charge in [-0.15, -0.1) is 0 Å². The molecule has 3 nitrogen and oxygen atoms in total. The van der Waals surface area contributed by atoms with Crippen LogP contribution in [-0.2, 0) is 6.42 Å². The Balaban J connectivity index is 0.000000217. The molecule has 2 N–H and O–H groups in total. The van der Waals surface area contributed by atoms with Crippen molar-refractivity contribution in [3.63, 3.8) is 0 Å². The van der Waals surface area contributed by atoms with E-state index < -0.39 is 0 Å². The van der Waals surface area contributed by atoms with Crippen molar-refractivity contribution in [2.45, 2.75) is 57.7 Å². The number of aryl methyl sites for hydroxylation is 1. The van der Waals surface area contributed by atoms with Crippen LogP contribution < -0.4 is 4.74 Å². The van der Waals surface area contributed by atoms with E-state index in [0.29, 0.717) is 0 Å². The summed E-state index contributed by atoms with van der Waals surface area (Å²) < 4.78 is 17.8. The molecule has 0 saturated heterocycles. The molecule has 0 unspecified atom stereocenters. The summed E-state index contributed by atoms with van der Waals surface area (Å²) in [5.41, 5.74) is 0.944. The van der Waals surface area contributed by atoms with E-state index in [1.54, 1.807) is 13.2 Å². The number of hydrogen-bond acceptors (Lipinski definition) is 3. The summed E-state index contributed by atoms with van der Waals surface area (Å²) in [7, 11) is 1.60. The lowest BCUT2D eigenvalue weighted by atomic mass is 9.95. The first-order chi connectivity index (χ1) is 9.56. The fourth-order valence-electron chi connectivity index (χ4n) is 2.27. The Bertz CT molecular complexity index is 377. The highest BCUT2D eigenvalue weighted by atomic mass is 19.1. The molecule has 20 heavy (non-hydrogen) atoms. The van der Waals surface area contributed by atoms with Crippen LogP contribution in [0, 0.1) is 5.82 Å². The van der Waals surface area contributed by atoms with E-state index in [2.05, 4.69) is 6.92 Å². The van der Waals surface area contributed by atoms with Gasteiger partial charge in [0.15, 0.2) is 0 Å². The Morgan fingerprint density at radius 2 is 1.70 bits per heavy atom. The van der Waals surface area contributed by atoms with E-state index in [0.717, 1.165) is 49.8 Å². The summed E-state index contributed by atoms with van der Waals surface area (Å²) in [6, 6.07) is 4.61. The third-order valence-corrected chi connectivity index (χ3v) is 3.43. The van der Waals surface area contributed by atoms with Crippen molar-refractivity contribution in [2.24, 2.45) is 0 Å². The third-order valence-electron chi connectivity index (χ3n) is 3.43. The highest BCUT2D eigenvalue weighted by molar-refractivity contribution is 5.33. The molecule has 1 aliphatic rings. The van der Waals surface area contributed by atoms with Gasteiger partial charge >= 0.3 is 0 Å². The molecule has 1 saturated carbocycles. The second-order valence-electron chi connectivity index (χ2n) is 5.17. The van der Waals surface area contributed by atoms with Crippen molar-refractivity contribution >= 4 is 0 Å². The maximum atomic E-state index is 12.8. The van der Waals surface area contributed by atoms with Crippen LogP contribution in [0.2, 0.25) is 0 Å². The smallest absolute Gasteiger partial charge is 0.123 e. The first kappa shape index (κ1) is 16.9. The fourth-order valence-corrected chi connectivity index (χ4v) is 2.27. The molecular weight excluding hydrogens is 259 g/mol. The van der Waals surface area contributed by atoms with Crippen molar-refractivity contribution in [3.05, 3.63) is 29.6 Å². The van der Waals surface area contributed by atoms with Crippen molar-refractivity contribution in [2.75, 3.05) is 7.11 Å². The van der Waals surface area contributed by atoms with Crippen LogP contribution in [-0.4, -0.2) is 29.5 Å². The molecule has 0 radical (unpaired) electrons. The minimum atomic E-state index is -0.195. The van der Waals surface area contributed by atoms with Crippen LogP contribution in [0.15, 0.2) is 18.2 Å². The summed E-state index contributed by atoms with van der Waals surface area (Å²) in [5, 5.41) is 17.8. The second kappa shape index (κ2) is 8.93. The van der Waals surface area contributed by atoms with Gasteiger partial charge in [0.05, 0.1) is 19.3 Å². The van der Waals surface area contributed by atoms with Gasteiger partial charge < -0.3 is 14.9 Å². The van der Waals surface area contributed by atoms with Crippen molar-refractivity contribution in [1.29, 1.82) is 0 Å². The van der Waals surface area contributed by atoms with Gasteiger partial charge in [0.25, 0.3) is 0 Å². The summed E-state index contributed by atoms with van der Waals surface area (Å²) >= 11 is 0. The number of rotatable bonds is 3. The van der Waals surface area contributed by atoms with Gasteiger partial charge in [-0.05, 0) is 55.9 Å². The third kappa shape index (κ3) is 5.88. The molecule has 0 atom stereocenters. The molecule has 0 bridgehead atoms. The Hall–Kier alpha value is -1.13. The number of halogens is 1.